The summed E-state index contributed by atoms with van der Waals surface area (Å²) in [5.74, 6) is -0.283. The summed E-state index contributed by atoms with van der Waals surface area (Å²) >= 11 is 0. The molecule has 3 N–H and O–H groups in total. The summed E-state index contributed by atoms with van der Waals surface area (Å²) < 4.78 is 12.8. The molecule has 0 aliphatic heterocycles. The van der Waals surface area contributed by atoms with Gasteiger partial charge >= 0.3 is 6.03 Å². The minimum Gasteiger partial charge on any atom is -0.395 e. The highest BCUT2D eigenvalue weighted by Crippen LogP contribution is 2.45. The van der Waals surface area contributed by atoms with E-state index in [-0.39, 0.29) is 30.5 Å². The van der Waals surface area contributed by atoms with Crippen LogP contribution in [-0.4, -0.2) is 24.3 Å². The molecule has 1 aliphatic carbocycles. The van der Waals surface area contributed by atoms with Crippen LogP contribution in [0.4, 0.5) is 9.18 Å². The smallest absolute Gasteiger partial charge is 0.315 e. The molecular formula is C12H15FN2O2. The molecule has 2 rings (SSSR count). The molecular weight excluding hydrogens is 223 g/mol. The standard InChI is InChI=1S/C12H15FN2O2/c13-10-3-1-9(2-4-10)12(5-6-12)15-11(17)14-7-8-16/h1-4,16H,5-8H2,(H2,14,15,17). The van der Waals surface area contributed by atoms with Crippen molar-refractivity contribution in [3.63, 3.8) is 0 Å². The molecule has 1 fully saturated rings. The number of halogens is 1. The molecule has 1 aromatic rings. The third-order valence-electron chi connectivity index (χ3n) is 2.90. The zero-order valence-electron chi connectivity index (χ0n) is 9.37. The zero-order valence-corrected chi connectivity index (χ0v) is 9.37. The van der Waals surface area contributed by atoms with Gasteiger partial charge in [-0.25, -0.2) is 9.18 Å². The van der Waals surface area contributed by atoms with Crippen molar-refractivity contribution >= 4 is 6.03 Å². The van der Waals surface area contributed by atoms with Gasteiger partial charge in [0.15, 0.2) is 0 Å². The molecule has 0 heterocycles. The highest BCUT2D eigenvalue weighted by atomic mass is 19.1. The quantitative estimate of drug-likeness (QED) is 0.735. The molecule has 0 atom stereocenters. The van der Waals surface area contributed by atoms with Gasteiger partial charge in [0.2, 0.25) is 0 Å². The summed E-state index contributed by atoms with van der Waals surface area (Å²) in [5.41, 5.74) is 0.561. The van der Waals surface area contributed by atoms with Crippen LogP contribution in [0.5, 0.6) is 0 Å². The summed E-state index contributed by atoms with van der Waals surface area (Å²) in [6, 6.07) is 5.86. The minimum atomic E-state index is -0.354. The van der Waals surface area contributed by atoms with E-state index >= 15 is 0 Å². The van der Waals surface area contributed by atoms with Crippen LogP contribution < -0.4 is 10.6 Å². The Hall–Kier alpha value is -1.62. The van der Waals surface area contributed by atoms with E-state index in [1.54, 1.807) is 12.1 Å². The molecule has 17 heavy (non-hydrogen) atoms. The molecule has 0 spiro atoms. The van der Waals surface area contributed by atoms with Crippen molar-refractivity contribution in [2.45, 2.75) is 18.4 Å². The van der Waals surface area contributed by atoms with Crippen LogP contribution in [0, 0.1) is 5.82 Å². The number of benzene rings is 1. The summed E-state index contributed by atoms with van der Waals surface area (Å²) in [4.78, 5) is 11.5. The Balaban J connectivity index is 2.00. The van der Waals surface area contributed by atoms with E-state index in [0.29, 0.717) is 0 Å². The van der Waals surface area contributed by atoms with Crippen LogP contribution in [0.25, 0.3) is 0 Å². The second-order valence-corrected chi connectivity index (χ2v) is 4.19. The summed E-state index contributed by atoms with van der Waals surface area (Å²) in [6.45, 7) is 0.141. The predicted molar refractivity (Wildman–Crippen MR) is 60.9 cm³/mol. The van der Waals surface area contributed by atoms with Crippen LogP contribution in [0.3, 0.4) is 0 Å². The molecule has 0 bridgehead atoms. The van der Waals surface area contributed by atoms with Crippen molar-refractivity contribution in [3.05, 3.63) is 35.6 Å². The molecule has 5 heteroatoms. The first kappa shape index (κ1) is 11.9. The third kappa shape index (κ3) is 2.74. The Labute approximate surface area is 98.8 Å². The normalized spacial score (nSPS) is 16.4. The zero-order chi connectivity index (χ0) is 12.3. The summed E-state index contributed by atoms with van der Waals surface area (Å²) in [5, 5.41) is 14.0. The number of rotatable bonds is 4. The Morgan fingerprint density at radius 3 is 2.53 bits per heavy atom. The van der Waals surface area contributed by atoms with Crippen LogP contribution in [-0.2, 0) is 5.54 Å². The number of aliphatic hydroxyl groups is 1. The molecule has 2 amide bonds. The van der Waals surface area contributed by atoms with E-state index in [4.69, 9.17) is 5.11 Å². The van der Waals surface area contributed by atoms with Crippen molar-refractivity contribution in [2.24, 2.45) is 0 Å². The average Bonchev–Trinajstić information content (AvgIpc) is 3.08. The second kappa shape index (κ2) is 4.71. The molecule has 0 saturated heterocycles. The number of hydrogen-bond donors (Lipinski definition) is 3. The second-order valence-electron chi connectivity index (χ2n) is 4.19. The largest absolute Gasteiger partial charge is 0.395 e. The van der Waals surface area contributed by atoms with Crippen LogP contribution >= 0.6 is 0 Å². The van der Waals surface area contributed by atoms with E-state index in [0.717, 1.165) is 18.4 Å². The maximum absolute atomic E-state index is 12.8. The number of carbonyl (C=O) groups excluding carboxylic acids is 1. The fourth-order valence-electron chi connectivity index (χ4n) is 1.81. The lowest BCUT2D eigenvalue weighted by atomic mass is 10.1. The first-order valence-electron chi connectivity index (χ1n) is 5.59. The number of amides is 2. The van der Waals surface area contributed by atoms with Crippen molar-refractivity contribution < 1.29 is 14.3 Å². The minimum absolute atomic E-state index is 0.0863. The SMILES string of the molecule is O=C(NCCO)NC1(c2ccc(F)cc2)CC1. The third-order valence-corrected chi connectivity index (χ3v) is 2.90. The van der Waals surface area contributed by atoms with Crippen molar-refractivity contribution in [1.29, 1.82) is 0 Å². The molecule has 1 saturated carbocycles. The Kier molecular flexibility index (Phi) is 3.28. The maximum Gasteiger partial charge on any atom is 0.315 e. The molecule has 92 valence electrons. The number of nitrogens with one attached hydrogen (secondary N) is 2. The fraction of sp³-hybridized carbons (Fsp3) is 0.417. The van der Waals surface area contributed by atoms with Crippen molar-refractivity contribution in [1.82, 2.24) is 10.6 Å². The first-order valence-corrected chi connectivity index (χ1v) is 5.59. The van der Waals surface area contributed by atoms with Gasteiger partial charge in [-0.3, -0.25) is 0 Å². The number of carbonyl (C=O) groups is 1. The molecule has 1 aliphatic rings. The van der Waals surface area contributed by atoms with E-state index in [2.05, 4.69) is 10.6 Å². The summed E-state index contributed by atoms with van der Waals surface area (Å²) in [6.07, 6.45) is 1.70. The Bertz CT molecular complexity index is 401. The van der Waals surface area contributed by atoms with Gasteiger partial charge in [-0.15, -0.1) is 0 Å². The lowest BCUT2D eigenvalue weighted by Crippen LogP contribution is -2.43. The lowest BCUT2D eigenvalue weighted by molar-refractivity contribution is 0.229. The highest BCUT2D eigenvalue weighted by molar-refractivity contribution is 5.75. The Morgan fingerprint density at radius 1 is 1.35 bits per heavy atom. The van der Waals surface area contributed by atoms with Crippen LogP contribution in [0.1, 0.15) is 18.4 Å². The number of hydrogen-bond acceptors (Lipinski definition) is 2. The van der Waals surface area contributed by atoms with Gasteiger partial charge in [0.05, 0.1) is 12.1 Å². The number of aliphatic hydroxyl groups excluding tert-OH is 1. The Morgan fingerprint density at radius 2 is 2.00 bits per heavy atom. The van der Waals surface area contributed by atoms with E-state index in [9.17, 15) is 9.18 Å². The average molecular weight is 238 g/mol. The van der Waals surface area contributed by atoms with Crippen molar-refractivity contribution in [2.75, 3.05) is 13.2 Å². The predicted octanol–water partition coefficient (Wildman–Crippen LogP) is 1.11. The summed E-state index contributed by atoms with van der Waals surface area (Å²) in [7, 11) is 0. The molecule has 0 radical (unpaired) electrons. The number of urea groups is 1. The molecule has 0 aromatic heterocycles. The molecule has 4 nitrogen and oxygen atoms in total. The topological polar surface area (TPSA) is 61.4 Å². The van der Waals surface area contributed by atoms with Gasteiger partial charge in [0.1, 0.15) is 5.82 Å². The van der Waals surface area contributed by atoms with Crippen LogP contribution in [0.15, 0.2) is 24.3 Å². The van der Waals surface area contributed by atoms with Crippen molar-refractivity contribution in [3.8, 4) is 0 Å². The maximum atomic E-state index is 12.8. The van der Waals surface area contributed by atoms with E-state index in [1.807, 2.05) is 0 Å². The van der Waals surface area contributed by atoms with Gasteiger partial charge in [0.25, 0.3) is 0 Å². The first-order chi connectivity index (χ1) is 8.16. The van der Waals surface area contributed by atoms with Crippen LogP contribution in [0.2, 0.25) is 0 Å². The van der Waals surface area contributed by atoms with Gasteiger partial charge in [0, 0.05) is 6.54 Å². The fourth-order valence-corrected chi connectivity index (χ4v) is 1.81. The molecule has 0 unspecified atom stereocenters. The van der Waals surface area contributed by atoms with E-state index in [1.165, 1.54) is 12.1 Å². The lowest BCUT2D eigenvalue weighted by Gasteiger charge is -2.18. The molecule has 1 aromatic carbocycles. The van der Waals surface area contributed by atoms with Gasteiger partial charge in [-0.2, -0.15) is 0 Å². The van der Waals surface area contributed by atoms with Gasteiger partial charge in [-0.1, -0.05) is 12.1 Å². The highest BCUT2D eigenvalue weighted by Gasteiger charge is 2.45. The monoisotopic (exact) mass is 238 g/mol. The van der Waals surface area contributed by atoms with Gasteiger partial charge in [-0.05, 0) is 30.5 Å². The van der Waals surface area contributed by atoms with E-state index < -0.39 is 0 Å². The van der Waals surface area contributed by atoms with Gasteiger partial charge < -0.3 is 15.7 Å².